The van der Waals surface area contributed by atoms with Crippen molar-refractivity contribution >= 4 is 5.65 Å². The van der Waals surface area contributed by atoms with Crippen LogP contribution < -0.4 is 19.8 Å². The molecular formula is C22H26N4O4. The van der Waals surface area contributed by atoms with Crippen LogP contribution in [0.25, 0.3) is 5.65 Å². The van der Waals surface area contributed by atoms with E-state index in [9.17, 15) is 4.79 Å². The molecule has 8 heteroatoms. The minimum atomic E-state index is -0.0808. The Morgan fingerprint density at radius 1 is 1.20 bits per heavy atom. The van der Waals surface area contributed by atoms with Crippen molar-refractivity contribution in [1.29, 1.82) is 0 Å². The van der Waals surface area contributed by atoms with Crippen LogP contribution in [0.15, 0.2) is 23.0 Å². The Kier molecular flexibility index (Phi) is 4.28. The average molecular weight is 410 g/mol. The molecule has 0 unspecified atom stereocenters. The van der Waals surface area contributed by atoms with Crippen LogP contribution in [0.3, 0.4) is 0 Å². The summed E-state index contributed by atoms with van der Waals surface area (Å²) in [5.74, 6) is 2.19. The number of aromatic nitrogens is 3. The molecule has 30 heavy (non-hydrogen) atoms. The van der Waals surface area contributed by atoms with Crippen molar-refractivity contribution < 1.29 is 14.2 Å². The van der Waals surface area contributed by atoms with E-state index in [1.165, 1.54) is 0 Å². The third kappa shape index (κ3) is 3.11. The summed E-state index contributed by atoms with van der Waals surface area (Å²) < 4.78 is 18.1. The molecule has 0 saturated heterocycles. The topological polar surface area (TPSA) is 81.1 Å². The molecule has 0 radical (unpaired) electrons. The SMILES string of the molecule is COc1cc2c(cc1CN1CCc3nc4cc(C(C)(C)C)[nH]n4c(=O)c3C1)OCO2. The van der Waals surface area contributed by atoms with E-state index in [1.807, 2.05) is 18.2 Å². The molecule has 0 bridgehead atoms. The van der Waals surface area contributed by atoms with E-state index in [1.54, 1.807) is 11.6 Å². The first-order valence-corrected chi connectivity index (χ1v) is 10.2. The molecule has 158 valence electrons. The van der Waals surface area contributed by atoms with Gasteiger partial charge in [0.2, 0.25) is 6.79 Å². The molecular weight excluding hydrogens is 384 g/mol. The van der Waals surface area contributed by atoms with Gasteiger partial charge in [-0.3, -0.25) is 14.8 Å². The van der Waals surface area contributed by atoms with Gasteiger partial charge < -0.3 is 14.2 Å². The van der Waals surface area contributed by atoms with Crippen molar-refractivity contribution in [2.75, 3.05) is 20.4 Å². The van der Waals surface area contributed by atoms with Crippen molar-refractivity contribution in [2.24, 2.45) is 0 Å². The van der Waals surface area contributed by atoms with Crippen LogP contribution in [-0.2, 0) is 24.9 Å². The first-order valence-electron chi connectivity index (χ1n) is 10.2. The molecule has 3 aromatic rings. The highest BCUT2D eigenvalue weighted by Crippen LogP contribution is 2.38. The molecule has 4 heterocycles. The van der Waals surface area contributed by atoms with E-state index in [4.69, 9.17) is 19.2 Å². The lowest BCUT2D eigenvalue weighted by Crippen LogP contribution is -2.36. The van der Waals surface area contributed by atoms with Crippen molar-refractivity contribution in [2.45, 2.75) is 45.7 Å². The Morgan fingerprint density at radius 2 is 1.97 bits per heavy atom. The third-order valence-corrected chi connectivity index (χ3v) is 5.82. The Morgan fingerprint density at radius 3 is 2.70 bits per heavy atom. The lowest BCUT2D eigenvalue weighted by molar-refractivity contribution is 0.173. The summed E-state index contributed by atoms with van der Waals surface area (Å²) in [7, 11) is 1.65. The van der Waals surface area contributed by atoms with Crippen LogP contribution in [0.4, 0.5) is 0 Å². The maximum atomic E-state index is 13.2. The van der Waals surface area contributed by atoms with Gasteiger partial charge in [0.15, 0.2) is 17.1 Å². The highest BCUT2D eigenvalue weighted by Gasteiger charge is 2.26. The summed E-state index contributed by atoms with van der Waals surface area (Å²) in [5, 5.41) is 3.24. The first-order chi connectivity index (χ1) is 14.3. The second-order valence-corrected chi connectivity index (χ2v) is 8.93. The van der Waals surface area contributed by atoms with Crippen molar-refractivity contribution in [3.8, 4) is 17.2 Å². The quantitative estimate of drug-likeness (QED) is 0.715. The highest BCUT2D eigenvalue weighted by atomic mass is 16.7. The van der Waals surface area contributed by atoms with E-state index in [-0.39, 0.29) is 17.8 Å². The molecule has 1 N–H and O–H groups in total. The lowest BCUT2D eigenvalue weighted by atomic mass is 9.93. The van der Waals surface area contributed by atoms with Crippen LogP contribution in [0, 0.1) is 0 Å². The number of hydrogen-bond acceptors (Lipinski definition) is 6. The van der Waals surface area contributed by atoms with Crippen LogP contribution in [-0.4, -0.2) is 39.9 Å². The van der Waals surface area contributed by atoms with E-state index in [2.05, 4.69) is 30.8 Å². The summed E-state index contributed by atoms with van der Waals surface area (Å²) >= 11 is 0. The molecule has 2 aromatic heterocycles. The Balaban J connectivity index is 1.46. The maximum Gasteiger partial charge on any atom is 0.277 e. The van der Waals surface area contributed by atoms with Gasteiger partial charge in [-0.1, -0.05) is 20.8 Å². The van der Waals surface area contributed by atoms with Gasteiger partial charge in [-0.25, -0.2) is 9.50 Å². The largest absolute Gasteiger partial charge is 0.496 e. The number of benzene rings is 1. The van der Waals surface area contributed by atoms with Gasteiger partial charge in [0.05, 0.1) is 18.4 Å². The van der Waals surface area contributed by atoms with Gasteiger partial charge in [-0.2, -0.15) is 0 Å². The second-order valence-electron chi connectivity index (χ2n) is 8.93. The van der Waals surface area contributed by atoms with E-state index < -0.39 is 0 Å². The highest BCUT2D eigenvalue weighted by molar-refractivity contribution is 5.52. The summed E-state index contributed by atoms with van der Waals surface area (Å²) in [6, 6.07) is 5.81. The van der Waals surface area contributed by atoms with Gasteiger partial charge >= 0.3 is 0 Å². The smallest absolute Gasteiger partial charge is 0.277 e. The number of methoxy groups -OCH3 is 1. The number of H-pyrrole nitrogens is 1. The van der Waals surface area contributed by atoms with E-state index in [0.717, 1.165) is 47.0 Å². The zero-order chi connectivity index (χ0) is 21.0. The number of nitrogens with zero attached hydrogens (tertiary/aromatic N) is 3. The van der Waals surface area contributed by atoms with E-state index >= 15 is 0 Å². The molecule has 2 aliphatic rings. The lowest BCUT2D eigenvalue weighted by Gasteiger charge is -2.28. The fraction of sp³-hybridized carbons (Fsp3) is 0.455. The first kappa shape index (κ1) is 19.0. The zero-order valence-corrected chi connectivity index (χ0v) is 17.7. The number of nitrogens with one attached hydrogen (secondary N) is 1. The molecule has 0 spiro atoms. The minimum Gasteiger partial charge on any atom is -0.496 e. The Bertz CT molecular complexity index is 1190. The molecule has 5 rings (SSSR count). The predicted octanol–water partition coefficient (Wildman–Crippen LogP) is 2.62. The summed E-state index contributed by atoms with van der Waals surface area (Å²) in [5.41, 5.74) is 4.24. The molecule has 0 saturated carbocycles. The number of rotatable bonds is 3. The number of hydrogen-bond donors (Lipinski definition) is 1. The Hall–Kier alpha value is -3.00. The monoisotopic (exact) mass is 410 g/mol. The summed E-state index contributed by atoms with van der Waals surface area (Å²) in [6.45, 7) is 8.59. The van der Waals surface area contributed by atoms with Crippen LogP contribution in [0.5, 0.6) is 17.2 Å². The van der Waals surface area contributed by atoms with Crippen LogP contribution >= 0.6 is 0 Å². The standard InChI is InChI=1S/C22H26N4O4/c1-22(2,3)19-9-20-23-15-5-6-25(11-14(15)21(27)26(20)24-19)10-13-7-17-18(30-12-29-17)8-16(13)28-4/h7-9,24H,5-6,10-12H2,1-4H3. The summed E-state index contributed by atoms with van der Waals surface area (Å²) in [4.78, 5) is 20.2. The van der Waals surface area contributed by atoms with Crippen LogP contribution in [0.1, 0.15) is 43.3 Å². The van der Waals surface area contributed by atoms with Gasteiger partial charge in [0.25, 0.3) is 5.56 Å². The molecule has 0 atom stereocenters. The second kappa shape index (κ2) is 6.77. The molecule has 0 fully saturated rings. The minimum absolute atomic E-state index is 0.0205. The van der Waals surface area contributed by atoms with Gasteiger partial charge in [0.1, 0.15) is 5.75 Å². The van der Waals surface area contributed by atoms with Gasteiger partial charge in [0, 0.05) is 54.9 Å². The molecule has 0 aliphatic carbocycles. The Labute approximate surface area is 174 Å². The number of fused-ring (bicyclic) bond motifs is 3. The van der Waals surface area contributed by atoms with E-state index in [0.29, 0.717) is 24.5 Å². The fourth-order valence-electron chi connectivity index (χ4n) is 4.08. The molecule has 8 nitrogen and oxygen atoms in total. The summed E-state index contributed by atoms with van der Waals surface area (Å²) in [6.07, 6.45) is 0.740. The van der Waals surface area contributed by atoms with Crippen molar-refractivity contribution in [3.05, 3.63) is 51.1 Å². The molecule has 1 aromatic carbocycles. The average Bonchev–Trinajstić information content (AvgIpc) is 3.34. The number of aromatic amines is 1. The van der Waals surface area contributed by atoms with Crippen molar-refractivity contribution in [3.63, 3.8) is 0 Å². The fourth-order valence-corrected chi connectivity index (χ4v) is 4.08. The van der Waals surface area contributed by atoms with Crippen LogP contribution in [0.2, 0.25) is 0 Å². The normalized spacial score (nSPS) is 16.1. The molecule has 2 aliphatic heterocycles. The van der Waals surface area contributed by atoms with Gasteiger partial charge in [-0.15, -0.1) is 0 Å². The zero-order valence-electron chi connectivity index (χ0n) is 17.7. The predicted molar refractivity (Wildman–Crippen MR) is 111 cm³/mol. The maximum absolute atomic E-state index is 13.2. The van der Waals surface area contributed by atoms with Gasteiger partial charge in [-0.05, 0) is 6.07 Å². The number of ether oxygens (including phenoxy) is 3. The van der Waals surface area contributed by atoms with Crippen molar-refractivity contribution in [1.82, 2.24) is 19.5 Å². The third-order valence-electron chi connectivity index (χ3n) is 5.82. The molecule has 0 amide bonds.